The van der Waals surface area contributed by atoms with E-state index in [4.69, 9.17) is 0 Å². The number of thiazole rings is 1. The van der Waals surface area contributed by atoms with Gasteiger partial charge in [-0.1, -0.05) is 24.3 Å². The van der Waals surface area contributed by atoms with Gasteiger partial charge in [-0.3, -0.25) is 10.1 Å². The summed E-state index contributed by atoms with van der Waals surface area (Å²) >= 11 is 1.27. The van der Waals surface area contributed by atoms with Crippen LogP contribution >= 0.6 is 11.3 Å². The second kappa shape index (κ2) is 7.99. The zero-order valence-corrected chi connectivity index (χ0v) is 16.4. The van der Waals surface area contributed by atoms with Gasteiger partial charge in [0.25, 0.3) is 5.91 Å². The van der Waals surface area contributed by atoms with Crippen LogP contribution < -0.4 is 5.32 Å². The Kier molecular flexibility index (Phi) is 5.41. The third kappa shape index (κ3) is 4.67. The van der Waals surface area contributed by atoms with Crippen molar-refractivity contribution < 1.29 is 18.0 Å². The van der Waals surface area contributed by atoms with E-state index in [2.05, 4.69) is 10.3 Å². The molecule has 1 aliphatic carbocycles. The van der Waals surface area contributed by atoms with Crippen LogP contribution in [-0.2, 0) is 25.4 Å². The lowest BCUT2D eigenvalue weighted by molar-refractivity contribution is -0.137. The summed E-state index contributed by atoms with van der Waals surface area (Å²) in [6.07, 6.45) is 1.94. The molecule has 0 saturated carbocycles. The number of halogens is 3. The maximum absolute atomic E-state index is 12.9. The van der Waals surface area contributed by atoms with Gasteiger partial charge in [0, 0.05) is 23.1 Å². The zero-order chi connectivity index (χ0) is 20.4. The van der Waals surface area contributed by atoms with Crippen molar-refractivity contribution in [2.45, 2.75) is 38.3 Å². The van der Waals surface area contributed by atoms with E-state index >= 15 is 0 Å². The zero-order valence-electron chi connectivity index (χ0n) is 15.6. The number of hydrogen-bond donors (Lipinski definition) is 1. The molecule has 150 valence electrons. The predicted octanol–water partition coefficient (Wildman–Crippen LogP) is 5.88. The smallest absolute Gasteiger partial charge is 0.298 e. The van der Waals surface area contributed by atoms with Crippen LogP contribution in [0.2, 0.25) is 0 Å². The average molecular weight is 416 g/mol. The fourth-order valence-electron chi connectivity index (χ4n) is 3.55. The third-order valence-corrected chi connectivity index (χ3v) is 5.93. The molecule has 0 unspecified atom stereocenters. The number of alkyl halides is 3. The topological polar surface area (TPSA) is 42.0 Å². The molecule has 3 nitrogen and oxygen atoms in total. The lowest BCUT2D eigenvalue weighted by Gasteiger charge is -2.16. The molecule has 0 aliphatic heterocycles. The molecule has 0 bridgehead atoms. The first kappa shape index (κ1) is 19.6. The number of fused-ring (bicyclic) bond motifs is 1. The van der Waals surface area contributed by atoms with E-state index in [0.717, 1.165) is 36.3 Å². The number of rotatable bonds is 4. The highest BCUT2D eigenvalue weighted by Gasteiger charge is 2.30. The number of benzene rings is 2. The minimum Gasteiger partial charge on any atom is -0.298 e. The second-order valence-electron chi connectivity index (χ2n) is 7.15. The summed E-state index contributed by atoms with van der Waals surface area (Å²) in [5, 5.41) is 3.23. The summed E-state index contributed by atoms with van der Waals surface area (Å²) in [5.74, 6) is -0.224. The fourth-order valence-corrected chi connectivity index (χ4v) is 4.39. The van der Waals surface area contributed by atoms with E-state index < -0.39 is 11.7 Å². The molecule has 2 aromatic carbocycles. The van der Waals surface area contributed by atoms with Gasteiger partial charge in [0.2, 0.25) is 0 Å². The molecule has 0 atom stereocenters. The monoisotopic (exact) mass is 416 g/mol. The van der Waals surface area contributed by atoms with Gasteiger partial charge in [-0.2, -0.15) is 13.2 Å². The lowest BCUT2D eigenvalue weighted by Crippen LogP contribution is -2.13. The first-order valence-electron chi connectivity index (χ1n) is 9.42. The number of carbonyl (C=O) groups is 1. The highest BCUT2D eigenvalue weighted by molar-refractivity contribution is 7.15. The third-order valence-electron chi connectivity index (χ3n) is 5.02. The molecule has 1 aliphatic rings. The van der Waals surface area contributed by atoms with Crippen LogP contribution in [0.4, 0.5) is 18.3 Å². The summed E-state index contributed by atoms with van der Waals surface area (Å²) in [7, 11) is 0. The van der Waals surface area contributed by atoms with Gasteiger partial charge < -0.3 is 0 Å². The Balaban J connectivity index is 1.44. The minimum absolute atomic E-state index is 0.224. The van der Waals surface area contributed by atoms with E-state index in [0.29, 0.717) is 22.7 Å². The molecule has 0 fully saturated rings. The molecule has 1 N–H and O–H groups in total. The molecule has 0 spiro atoms. The summed E-state index contributed by atoms with van der Waals surface area (Å²) in [6, 6.07) is 11.0. The number of carbonyl (C=O) groups excluding carboxylic acids is 1. The van der Waals surface area contributed by atoms with Crippen LogP contribution in [0.1, 0.15) is 50.3 Å². The first-order valence-corrected chi connectivity index (χ1v) is 10.2. The Bertz CT molecular complexity index is 1040. The molecule has 29 heavy (non-hydrogen) atoms. The number of nitrogens with one attached hydrogen (secondary N) is 1. The SMILES string of the molecule is O=C(Nc1ncc(Cc2cccc(C(F)(F)F)c2)s1)c1ccc2c(c1)CCCC2. The number of amides is 1. The number of nitrogens with zero attached hydrogens (tertiary/aromatic N) is 1. The molecule has 1 heterocycles. The Hall–Kier alpha value is -2.67. The maximum Gasteiger partial charge on any atom is 0.416 e. The van der Waals surface area contributed by atoms with E-state index in [1.54, 1.807) is 12.3 Å². The predicted molar refractivity (Wildman–Crippen MR) is 107 cm³/mol. The number of hydrogen-bond acceptors (Lipinski definition) is 3. The quantitative estimate of drug-likeness (QED) is 0.577. The number of aromatic nitrogens is 1. The van der Waals surface area contributed by atoms with Gasteiger partial charge in [-0.25, -0.2) is 4.98 Å². The van der Waals surface area contributed by atoms with Crippen molar-refractivity contribution in [2.75, 3.05) is 5.32 Å². The van der Waals surface area contributed by atoms with Gasteiger partial charge in [0.05, 0.1) is 5.56 Å². The molecule has 7 heteroatoms. The highest BCUT2D eigenvalue weighted by Crippen LogP contribution is 2.31. The summed E-state index contributed by atoms with van der Waals surface area (Å²) in [6.45, 7) is 0. The molecule has 4 rings (SSSR count). The van der Waals surface area contributed by atoms with Crippen molar-refractivity contribution >= 4 is 22.4 Å². The molecular formula is C22H19F3N2OS. The lowest BCUT2D eigenvalue weighted by atomic mass is 9.90. The Morgan fingerprint density at radius 3 is 2.66 bits per heavy atom. The normalized spacial score (nSPS) is 13.8. The molecule has 0 radical (unpaired) electrons. The molecule has 1 aromatic heterocycles. The van der Waals surface area contributed by atoms with E-state index in [1.807, 2.05) is 18.2 Å². The van der Waals surface area contributed by atoms with Gasteiger partial charge in [-0.15, -0.1) is 11.3 Å². The van der Waals surface area contributed by atoms with Crippen LogP contribution in [0.5, 0.6) is 0 Å². The van der Waals surface area contributed by atoms with Crippen molar-refractivity contribution in [1.29, 1.82) is 0 Å². The maximum atomic E-state index is 12.9. The largest absolute Gasteiger partial charge is 0.416 e. The van der Waals surface area contributed by atoms with E-state index in [-0.39, 0.29) is 5.91 Å². The molecular weight excluding hydrogens is 397 g/mol. The van der Waals surface area contributed by atoms with Crippen LogP contribution in [0.3, 0.4) is 0 Å². The average Bonchev–Trinajstić information content (AvgIpc) is 3.13. The number of aryl methyl sites for hydroxylation is 2. The molecule has 3 aromatic rings. The van der Waals surface area contributed by atoms with Gasteiger partial charge in [0.15, 0.2) is 5.13 Å². The second-order valence-corrected chi connectivity index (χ2v) is 8.27. The summed E-state index contributed by atoms with van der Waals surface area (Å²) in [4.78, 5) is 17.5. The van der Waals surface area contributed by atoms with Crippen LogP contribution in [0.15, 0.2) is 48.7 Å². The van der Waals surface area contributed by atoms with E-state index in [9.17, 15) is 18.0 Å². The van der Waals surface area contributed by atoms with Crippen LogP contribution in [0, 0.1) is 0 Å². The van der Waals surface area contributed by atoms with Crippen LogP contribution in [0.25, 0.3) is 0 Å². The van der Waals surface area contributed by atoms with Crippen molar-refractivity contribution in [3.05, 3.63) is 81.4 Å². The van der Waals surface area contributed by atoms with Gasteiger partial charge >= 0.3 is 6.18 Å². The standard InChI is InChI=1S/C22H19F3N2OS/c23-22(24,25)18-7-3-4-14(10-18)11-19-13-26-21(29-19)27-20(28)17-9-8-15-5-1-2-6-16(15)12-17/h3-4,7-10,12-13H,1-2,5-6,11H2,(H,26,27,28). The minimum atomic E-state index is -4.36. The van der Waals surface area contributed by atoms with Crippen molar-refractivity contribution in [3.8, 4) is 0 Å². The van der Waals surface area contributed by atoms with Crippen molar-refractivity contribution in [1.82, 2.24) is 4.98 Å². The Morgan fingerprint density at radius 2 is 1.86 bits per heavy atom. The highest BCUT2D eigenvalue weighted by atomic mass is 32.1. The van der Waals surface area contributed by atoms with Crippen molar-refractivity contribution in [3.63, 3.8) is 0 Å². The fraction of sp³-hybridized carbons (Fsp3) is 0.273. The summed E-state index contributed by atoms with van der Waals surface area (Å²) < 4.78 is 38.6. The summed E-state index contributed by atoms with van der Waals surface area (Å²) in [5.41, 5.74) is 3.02. The molecule has 1 amide bonds. The first-order chi connectivity index (χ1) is 13.9. The molecule has 0 saturated heterocycles. The Labute approximate surface area is 170 Å². The number of anilines is 1. The van der Waals surface area contributed by atoms with Gasteiger partial charge in [0.1, 0.15) is 0 Å². The van der Waals surface area contributed by atoms with E-state index in [1.165, 1.54) is 35.0 Å². The van der Waals surface area contributed by atoms with Gasteiger partial charge in [-0.05, 0) is 60.6 Å². The van der Waals surface area contributed by atoms with Crippen LogP contribution in [-0.4, -0.2) is 10.9 Å². The Morgan fingerprint density at radius 1 is 1.07 bits per heavy atom. The van der Waals surface area contributed by atoms with Crippen molar-refractivity contribution in [2.24, 2.45) is 0 Å².